The molecule has 2 aromatic heterocycles. The third-order valence-electron chi connectivity index (χ3n) is 7.20. The fourth-order valence-electron chi connectivity index (χ4n) is 5.40. The van der Waals surface area contributed by atoms with Gasteiger partial charge >= 0.3 is 0 Å². The van der Waals surface area contributed by atoms with Crippen LogP contribution in [0.2, 0.25) is 0 Å². The average Bonchev–Trinajstić information content (AvgIpc) is 2.84. The molecule has 0 aromatic carbocycles. The molecule has 3 saturated heterocycles. The molecule has 0 radical (unpaired) electrons. The van der Waals surface area contributed by atoms with Crippen molar-refractivity contribution in [1.29, 1.82) is 0 Å². The lowest BCUT2D eigenvalue weighted by atomic mass is 9.93. The first-order valence-electron chi connectivity index (χ1n) is 11.6. The molecule has 0 saturated carbocycles. The molecular weight excluding hydrogens is 376 g/mol. The van der Waals surface area contributed by atoms with Crippen LogP contribution in [0.1, 0.15) is 44.9 Å². The SMILES string of the molecule is O=C(C1CCN(c2cnc3nccnc3c2)CC1)N1CCC(N2CCCCC2)CC1. The molecule has 5 rings (SSSR count). The molecule has 0 bridgehead atoms. The lowest BCUT2D eigenvalue weighted by Gasteiger charge is -2.42. The number of pyridine rings is 1. The van der Waals surface area contributed by atoms with E-state index in [4.69, 9.17) is 0 Å². The largest absolute Gasteiger partial charge is 0.370 e. The number of fused-ring (bicyclic) bond motifs is 1. The van der Waals surface area contributed by atoms with Crippen LogP contribution in [0.5, 0.6) is 0 Å². The number of aromatic nitrogens is 3. The molecule has 0 atom stereocenters. The Balaban J connectivity index is 1.13. The van der Waals surface area contributed by atoms with Gasteiger partial charge in [0.2, 0.25) is 5.91 Å². The van der Waals surface area contributed by atoms with Crippen molar-refractivity contribution in [3.05, 3.63) is 24.7 Å². The van der Waals surface area contributed by atoms with E-state index in [1.54, 1.807) is 12.4 Å². The minimum Gasteiger partial charge on any atom is -0.370 e. The monoisotopic (exact) mass is 408 g/mol. The Kier molecular flexibility index (Phi) is 5.79. The number of rotatable bonds is 3. The summed E-state index contributed by atoms with van der Waals surface area (Å²) in [6.07, 6.45) is 13.5. The van der Waals surface area contributed by atoms with Crippen molar-refractivity contribution in [2.24, 2.45) is 5.92 Å². The maximum absolute atomic E-state index is 13.1. The summed E-state index contributed by atoms with van der Waals surface area (Å²) in [5.41, 5.74) is 2.58. The number of nitrogens with zero attached hydrogens (tertiary/aromatic N) is 6. The number of carbonyl (C=O) groups is 1. The van der Waals surface area contributed by atoms with Gasteiger partial charge < -0.3 is 14.7 Å². The summed E-state index contributed by atoms with van der Waals surface area (Å²) in [5.74, 6) is 0.551. The zero-order valence-electron chi connectivity index (χ0n) is 17.7. The van der Waals surface area contributed by atoms with Crippen LogP contribution in [0.3, 0.4) is 0 Å². The number of likely N-dealkylation sites (tertiary alicyclic amines) is 2. The molecule has 3 aliphatic rings. The number of anilines is 1. The lowest BCUT2D eigenvalue weighted by Crippen LogP contribution is -2.50. The Morgan fingerprint density at radius 1 is 0.833 bits per heavy atom. The molecule has 1 amide bonds. The first kappa shape index (κ1) is 19.7. The van der Waals surface area contributed by atoms with Crippen molar-refractivity contribution < 1.29 is 4.79 Å². The molecule has 0 spiro atoms. The smallest absolute Gasteiger partial charge is 0.225 e. The molecule has 7 heteroatoms. The van der Waals surface area contributed by atoms with Crippen LogP contribution in [0, 0.1) is 5.92 Å². The number of amides is 1. The van der Waals surface area contributed by atoms with E-state index < -0.39 is 0 Å². The summed E-state index contributed by atoms with van der Waals surface area (Å²) in [6, 6.07) is 2.75. The summed E-state index contributed by atoms with van der Waals surface area (Å²) in [5, 5.41) is 0. The van der Waals surface area contributed by atoms with Gasteiger partial charge in [-0.1, -0.05) is 6.42 Å². The predicted octanol–water partition coefficient (Wildman–Crippen LogP) is 2.72. The Hall–Kier alpha value is -2.28. The summed E-state index contributed by atoms with van der Waals surface area (Å²) in [7, 11) is 0. The Morgan fingerprint density at radius 3 is 2.33 bits per heavy atom. The summed E-state index contributed by atoms with van der Waals surface area (Å²) in [4.78, 5) is 33.3. The number of hydrogen-bond acceptors (Lipinski definition) is 6. The van der Waals surface area contributed by atoms with E-state index >= 15 is 0 Å². The van der Waals surface area contributed by atoms with E-state index in [-0.39, 0.29) is 5.92 Å². The van der Waals surface area contributed by atoms with Crippen LogP contribution in [0.25, 0.3) is 11.2 Å². The minimum absolute atomic E-state index is 0.168. The van der Waals surface area contributed by atoms with E-state index in [2.05, 4.69) is 35.7 Å². The van der Waals surface area contributed by atoms with Gasteiger partial charge in [-0.2, -0.15) is 0 Å². The lowest BCUT2D eigenvalue weighted by molar-refractivity contribution is -0.137. The third-order valence-corrected chi connectivity index (χ3v) is 7.20. The Bertz CT molecular complexity index is 867. The standard InChI is InChI=1S/C23H32N6O/c30-23(29-14-6-19(7-15-29)27-10-2-1-3-11-27)18-4-12-28(13-5-18)20-16-21-22(26-17-20)25-9-8-24-21/h8-9,16-19H,1-7,10-15H2. The molecule has 0 N–H and O–H groups in total. The highest BCUT2D eigenvalue weighted by molar-refractivity contribution is 5.79. The number of carbonyl (C=O) groups excluding carboxylic acids is 1. The van der Waals surface area contributed by atoms with Crippen LogP contribution in [0.15, 0.2) is 24.7 Å². The van der Waals surface area contributed by atoms with E-state index in [9.17, 15) is 4.79 Å². The van der Waals surface area contributed by atoms with Crippen molar-refractivity contribution in [3.63, 3.8) is 0 Å². The number of hydrogen-bond donors (Lipinski definition) is 0. The normalized spacial score (nSPS) is 22.5. The number of piperidine rings is 3. The highest BCUT2D eigenvalue weighted by Gasteiger charge is 2.32. The van der Waals surface area contributed by atoms with Crippen molar-refractivity contribution in [1.82, 2.24) is 24.8 Å². The molecule has 160 valence electrons. The van der Waals surface area contributed by atoms with Crippen LogP contribution in [-0.2, 0) is 4.79 Å². The molecular formula is C23H32N6O. The molecule has 2 aromatic rings. The van der Waals surface area contributed by atoms with E-state index in [0.29, 0.717) is 17.6 Å². The zero-order valence-corrected chi connectivity index (χ0v) is 17.7. The maximum atomic E-state index is 13.1. The summed E-state index contributed by atoms with van der Waals surface area (Å²) in [6.45, 7) is 6.18. The molecule has 3 aliphatic heterocycles. The highest BCUT2D eigenvalue weighted by Crippen LogP contribution is 2.27. The van der Waals surface area contributed by atoms with Crippen LogP contribution < -0.4 is 4.90 Å². The van der Waals surface area contributed by atoms with Crippen LogP contribution in [0.4, 0.5) is 5.69 Å². The zero-order chi connectivity index (χ0) is 20.3. The van der Waals surface area contributed by atoms with Crippen LogP contribution >= 0.6 is 0 Å². The van der Waals surface area contributed by atoms with Gasteiger partial charge in [-0.3, -0.25) is 9.78 Å². The van der Waals surface area contributed by atoms with Gasteiger partial charge in [0.05, 0.1) is 11.9 Å². The first-order chi connectivity index (χ1) is 14.8. The quantitative estimate of drug-likeness (QED) is 0.778. The van der Waals surface area contributed by atoms with Crippen molar-refractivity contribution in [3.8, 4) is 0 Å². The van der Waals surface area contributed by atoms with Gasteiger partial charge in [-0.15, -0.1) is 0 Å². The molecule has 0 aliphatic carbocycles. The van der Waals surface area contributed by atoms with E-state index in [1.807, 2.05) is 6.20 Å². The predicted molar refractivity (Wildman–Crippen MR) is 117 cm³/mol. The van der Waals surface area contributed by atoms with Gasteiger partial charge in [-0.05, 0) is 57.7 Å². The second-order valence-electron chi connectivity index (χ2n) is 9.01. The van der Waals surface area contributed by atoms with Crippen LogP contribution in [-0.4, -0.2) is 76.0 Å². The van der Waals surface area contributed by atoms with Gasteiger partial charge in [0.15, 0.2) is 5.65 Å². The van der Waals surface area contributed by atoms with Gasteiger partial charge in [0, 0.05) is 50.5 Å². The van der Waals surface area contributed by atoms with Gasteiger partial charge in [-0.25, -0.2) is 9.97 Å². The highest BCUT2D eigenvalue weighted by atomic mass is 16.2. The van der Waals surface area contributed by atoms with E-state index in [1.165, 1.54) is 32.4 Å². The molecule has 5 heterocycles. The fourth-order valence-corrected chi connectivity index (χ4v) is 5.40. The Morgan fingerprint density at radius 2 is 1.57 bits per heavy atom. The first-order valence-corrected chi connectivity index (χ1v) is 11.6. The van der Waals surface area contributed by atoms with Gasteiger partial charge in [0.25, 0.3) is 0 Å². The molecule has 30 heavy (non-hydrogen) atoms. The average molecular weight is 409 g/mol. The molecule has 3 fully saturated rings. The van der Waals surface area contributed by atoms with Gasteiger partial charge in [0.1, 0.15) is 5.52 Å². The topological polar surface area (TPSA) is 65.5 Å². The fraction of sp³-hybridized carbons (Fsp3) is 0.652. The summed E-state index contributed by atoms with van der Waals surface area (Å²) >= 11 is 0. The third kappa shape index (κ3) is 4.13. The van der Waals surface area contributed by atoms with Crippen molar-refractivity contribution in [2.45, 2.75) is 51.0 Å². The van der Waals surface area contributed by atoms with E-state index in [0.717, 1.165) is 63.1 Å². The minimum atomic E-state index is 0.168. The molecule has 7 nitrogen and oxygen atoms in total. The second kappa shape index (κ2) is 8.84. The molecule has 0 unspecified atom stereocenters. The second-order valence-corrected chi connectivity index (χ2v) is 9.01. The van der Waals surface area contributed by atoms with Crippen molar-refractivity contribution >= 4 is 22.8 Å². The summed E-state index contributed by atoms with van der Waals surface area (Å²) < 4.78 is 0. The van der Waals surface area contributed by atoms with Crippen molar-refractivity contribution in [2.75, 3.05) is 44.2 Å². The Labute approximate surface area is 178 Å². The maximum Gasteiger partial charge on any atom is 0.225 e.